The van der Waals surface area contributed by atoms with Crippen molar-refractivity contribution < 1.29 is 9.59 Å². The second kappa shape index (κ2) is 7.09. The van der Waals surface area contributed by atoms with Crippen LogP contribution < -0.4 is 16.2 Å². The topological polar surface area (TPSA) is 73.5 Å². The lowest BCUT2D eigenvalue weighted by Gasteiger charge is -2.40. The summed E-state index contributed by atoms with van der Waals surface area (Å²) < 4.78 is 0. The first-order valence-corrected chi connectivity index (χ1v) is 8.65. The molecule has 1 aromatic rings. The smallest absolute Gasteiger partial charge is 0.240 e. The van der Waals surface area contributed by atoms with Crippen LogP contribution in [0.25, 0.3) is 0 Å². The van der Waals surface area contributed by atoms with Gasteiger partial charge in [-0.2, -0.15) is 0 Å². The van der Waals surface area contributed by atoms with Crippen molar-refractivity contribution in [3.63, 3.8) is 0 Å². The van der Waals surface area contributed by atoms with Gasteiger partial charge in [-0.05, 0) is 25.5 Å². The Labute approximate surface area is 146 Å². The number of rotatable bonds is 4. The molecule has 2 fully saturated rings. The van der Waals surface area contributed by atoms with Crippen molar-refractivity contribution >= 4 is 23.4 Å². The first kappa shape index (κ1) is 17.2. The number of carbonyl (C=O) groups excluding carboxylic acids is 2. The summed E-state index contributed by atoms with van der Waals surface area (Å²) in [6.45, 7) is 5.86. The van der Waals surface area contributed by atoms with Gasteiger partial charge in [-0.25, -0.2) is 5.43 Å². The molecule has 2 aliphatic rings. The molecule has 0 saturated carbocycles. The number of benzene rings is 1. The minimum Gasteiger partial charge on any atom is -0.352 e. The summed E-state index contributed by atoms with van der Waals surface area (Å²) in [7, 11) is 0. The number of amides is 2. The Bertz CT molecular complexity index is 637. The number of fused-ring (bicyclic) bond motifs is 1. The quantitative estimate of drug-likeness (QED) is 0.755. The lowest BCUT2D eigenvalue weighted by Crippen LogP contribution is -2.58. The predicted molar refractivity (Wildman–Crippen MR) is 92.1 cm³/mol. The third-order valence-electron chi connectivity index (χ3n) is 4.91. The SMILES string of the molecule is CC(C)N1CC(C(=O)NCc2ccccc2Cl)C2NNC(=O)C2C1. The molecule has 3 unspecified atom stereocenters. The van der Waals surface area contributed by atoms with Crippen LogP contribution in [0.5, 0.6) is 0 Å². The van der Waals surface area contributed by atoms with Crippen molar-refractivity contribution in [1.82, 2.24) is 21.1 Å². The van der Waals surface area contributed by atoms with Gasteiger partial charge in [0.25, 0.3) is 0 Å². The van der Waals surface area contributed by atoms with E-state index in [9.17, 15) is 9.59 Å². The second-order valence-corrected chi connectivity index (χ2v) is 7.14. The highest BCUT2D eigenvalue weighted by atomic mass is 35.5. The lowest BCUT2D eigenvalue weighted by atomic mass is 9.83. The molecule has 6 nitrogen and oxygen atoms in total. The van der Waals surface area contributed by atoms with Crippen LogP contribution in [0.3, 0.4) is 0 Å². The largest absolute Gasteiger partial charge is 0.352 e. The molecular weight excluding hydrogens is 328 g/mol. The summed E-state index contributed by atoms with van der Waals surface area (Å²) >= 11 is 6.14. The maximum absolute atomic E-state index is 12.7. The second-order valence-electron chi connectivity index (χ2n) is 6.73. The van der Waals surface area contributed by atoms with Crippen molar-refractivity contribution in [2.45, 2.75) is 32.5 Å². The van der Waals surface area contributed by atoms with Crippen LogP contribution in [0.1, 0.15) is 19.4 Å². The van der Waals surface area contributed by atoms with Crippen molar-refractivity contribution in [3.8, 4) is 0 Å². The zero-order valence-electron chi connectivity index (χ0n) is 13.9. The van der Waals surface area contributed by atoms with Crippen LogP contribution in [0, 0.1) is 11.8 Å². The van der Waals surface area contributed by atoms with Crippen molar-refractivity contribution in [2.24, 2.45) is 11.8 Å². The number of nitrogens with one attached hydrogen (secondary N) is 3. The Hall–Kier alpha value is -1.63. The standard InChI is InChI=1S/C17H23ClN4O2/c1-10(2)22-8-12(15-13(9-22)17(24)21-20-15)16(23)19-7-11-5-3-4-6-14(11)18/h3-6,10,12-13,15,20H,7-9H2,1-2H3,(H,19,23)(H,21,24). The fourth-order valence-corrected chi connectivity index (χ4v) is 3.61. The Morgan fingerprint density at radius 1 is 1.38 bits per heavy atom. The van der Waals surface area contributed by atoms with E-state index in [0.29, 0.717) is 30.7 Å². The van der Waals surface area contributed by atoms with Crippen molar-refractivity contribution in [1.29, 1.82) is 0 Å². The van der Waals surface area contributed by atoms with E-state index in [1.807, 2.05) is 18.2 Å². The molecule has 3 N–H and O–H groups in total. The van der Waals surface area contributed by atoms with Crippen molar-refractivity contribution in [3.05, 3.63) is 34.9 Å². The molecule has 0 aliphatic carbocycles. The summed E-state index contributed by atoms with van der Waals surface area (Å²) in [4.78, 5) is 26.9. The maximum Gasteiger partial charge on any atom is 0.240 e. The molecule has 2 aliphatic heterocycles. The van der Waals surface area contributed by atoms with Gasteiger partial charge < -0.3 is 5.32 Å². The van der Waals surface area contributed by atoms with E-state index in [-0.39, 0.29) is 29.7 Å². The lowest BCUT2D eigenvalue weighted by molar-refractivity contribution is -0.130. The summed E-state index contributed by atoms with van der Waals surface area (Å²) in [5.41, 5.74) is 6.55. The molecule has 0 aromatic heterocycles. The molecule has 7 heteroatoms. The first-order valence-electron chi connectivity index (χ1n) is 8.28. The van der Waals surface area contributed by atoms with Crippen LogP contribution in [-0.4, -0.2) is 41.9 Å². The number of hydrogen-bond acceptors (Lipinski definition) is 4. The number of hydrogen-bond donors (Lipinski definition) is 3. The summed E-state index contributed by atoms with van der Waals surface area (Å²) in [5.74, 6) is -0.571. The summed E-state index contributed by atoms with van der Waals surface area (Å²) in [6.07, 6.45) is 0. The number of likely N-dealkylation sites (tertiary alicyclic amines) is 1. The zero-order valence-corrected chi connectivity index (χ0v) is 14.6. The van der Waals surface area contributed by atoms with Gasteiger partial charge in [0, 0.05) is 30.7 Å². The van der Waals surface area contributed by atoms with Crippen LogP contribution >= 0.6 is 11.6 Å². The molecule has 2 amide bonds. The molecule has 130 valence electrons. The molecule has 2 saturated heterocycles. The van der Waals surface area contributed by atoms with Crippen LogP contribution in [0.4, 0.5) is 0 Å². The van der Waals surface area contributed by atoms with E-state index in [0.717, 1.165) is 5.56 Å². The van der Waals surface area contributed by atoms with Crippen LogP contribution in [0.2, 0.25) is 5.02 Å². The van der Waals surface area contributed by atoms with Gasteiger partial charge in [-0.3, -0.25) is 19.9 Å². The Morgan fingerprint density at radius 2 is 2.12 bits per heavy atom. The van der Waals surface area contributed by atoms with E-state index in [2.05, 4.69) is 34.9 Å². The monoisotopic (exact) mass is 350 g/mol. The molecule has 0 bridgehead atoms. The highest BCUT2D eigenvalue weighted by Gasteiger charge is 2.47. The minimum absolute atomic E-state index is 0.0331. The highest BCUT2D eigenvalue weighted by Crippen LogP contribution is 2.27. The van der Waals surface area contributed by atoms with E-state index >= 15 is 0 Å². The molecule has 3 atom stereocenters. The van der Waals surface area contributed by atoms with E-state index in [1.54, 1.807) is 6.07 Å². The molecule has 0 spiro atoms. The fraction of sp³-hybridized carbons (Fsp3) is 0.529. The Balaban J connectivity index is 1.70. The molecule has 0 radical (unpaired) electrons. The molecule has 3 rings (SSSR count). The number of carbonyl (C=O) groups is 2. The van der Waals surface area contributed by atoms with Gasteiger partial charge in [-0.15, -0.1) is 0 Å². The number of piperidine rings is 1. The highest BCUT2D eigenvalue weighted by molar-refractivity contribution is 6.31. The molecule has 1 aromatic carbocycles. The average Bonchev–Trinajstić information content (AvgIpc) is 2.94. The minimum atomic E-state index is -0.285. The van der Waals surface area contributed by atoms with Gasteiger partial charge in [0.2, 0.25) is 11.8 Å². The maximum atomic E-state index is 12.7. The van der Waals surface area contributed by atoms with Crippen molar-refractivity contribution in [2.75, 3.05) is 13.1 Å². The molecular formula is C17H23ClN4O2. The average molecular weight is 351 g/mol. The zero-order chi connectivity index (χ0) is 17.3. The summed E-state index contributed by atoms with van der Waals surface area (Å²) in [6, 6.07) is 7.58. The molecule has 24 heavy (non-hydrogen) atoms. The van der Waals surface area contributed by atoms with Gasteiger partial charge in [0.15, 0.2) is 0 Å². The third kappa shape index (κ3) is 3.41. The summed E-state index contributed by atoms with van der Waals surface area (Å²) in [5, 5.41) is 3.61. The first-order chi connectivity index (χ1) is 11.5. The Morgan fingerprint density at radius 3 is 2.83 bits per heavy atom. The fourth-order valence-electron chi connectivity index (χ4n) is 3.40. The van der Waals surface area contributed by atoms with E-state index in [4.69, 9.17) is 11.6 Å². The van der Waals surface area contributed by atoms with Gasteiger partial charge in [0.1, 0.15) is 0 Å². The normalized spacial score (nSPS) is 27.0. The van der Waals surface area contributed by atoms with Gasteiger partial charge in [-0.1, -0.05) is 29.8 Å². The Kier molecular flexibility index (Phi) is 5.08. The molecule has 2 heterocycles. The van der Waals surface area contributed by atoms with E-state index < -0.39 is 0 Å². The van der Waals surface area contributed by atoms with Crippen LogP contribution in [0.15, 0.2) is 24.3 Å². The van der Waals surface area contributed by atoms with E-state index in [1.165, 1.54) is 0 Å². The van der Waals surface area contributed by atoms with Gasteiger partial charge in [0.05, 0.1) is 17.9 Å². The third-order valence-corrected chi connectivity index (χ3v) is 5.27. The predicted octanol–water partition coefficient (Wildman–Crippen LogP) is 0.916. The van der Waals surface area contributed by atoms with Crippen LogP contribution in [-0.2, 0) is 16.1 Å². The number of nitrogens with zero attached hydrogens (tertiary/aromatic N) is 1. The van der Waals surface area contributed by atoms with Gasteiger partial charge >= 0.3 is 0 Å². The number of hydrazine groups is 1. The number of halogens is 1.